The number of rotatable bonds is 7. The van der Waals surface area contributed by atoms with Crippen LogP contribution in [0, 0.1) is 18.7 Å². The van der Waals surface area contributed by atoms with E-state index < -0.39 is 0 Å². The van der Waals surface area contributed by atoms with E-state index in [4.69, 9.17) is 10.9 Å². The van der Waals surface area contributed by atoms with Crippen molar-refractivity contribution in [3.8, 4) is 0 Å². The van der Waals surface area contributed by atoms with Crippen LogP contribution in [-0.4, -0.2) is 29.0 Å². The van der Waals surface area contributed by atoms with E-state index in [0.717, 1.165) is 24.2 Å². The molecule has 0 bridgehead atoms. The van der Waals surface area contributed by atoms with Crippen LogP contribution in [0.5, 0.6) is 0 Å². The molecule has 0 aliphatic rings. The third kappa shape index (κ3) is 5.57. The summed E-state index contributed by atoms with van der Waals surface area (Å²) >= 11 is 0. The smallest absolute Gasteiger partial charge is 0.140 e. The van der Waals surface area contributed by atoms with Crippen LogP contribution in [0.1, 0.15) is 31.4 Å². The average molecular weight is 281 g/mol. The minimum atomic E-state index is -0.210. The molecule has 4 nitrogen and oxygen atoms in total. The normalized spacial score (nSPS) is 12.4. The summed E-state index contributed by atoms with van der Waals surface area (Å²) in [6.45, 7) is 8.57. The SMILES string of the molecule is Cc1cc(F)ccc1CN(CC/C(N)=N/O)CC(C)C. The van der Waals surface area contributed by atoms with Gasteiger partial charge in [-0.05, 0) is 36.1 Å². The minimum absolute atomic E-state index is 0.210. The predicted molar refractivity (Wildman–Crippen MR) is 79.3 cm³/mol. The summed E-state index contributed by atoms with van der Waals surface area (Å²) in [7, 11) is 0. The summed E-state index contributed by atoms with van der Waals surface area (Å²) in [6, 6.07) is 4.85. The topological polar surface area (TPSA) is 61.8 Å². The Bertz CT molecular complexity index is 460. The van der Waals surface area contributed by atoms with Crippen molar-refractivity contribution in [3.05, 3.63) is 35.1 Å². The van der Waals surface area contributed by atoms with Gasteiger partial charge in [-0.15, -0.1) is 0 Å². The summed E-state index contributed by atoms with van der Waals surface area (Å²) in [5.74, 6) is 0.538. The van der Waals surface area contributed by atoms with Gasteiger partial charge >= 0.3 is 0 Å². The zero-order valence-electron chi connectivity index (χ0n) is 12.4. The molecule has 0 saturated carbocycles. The largest absolute Gasteiger partial charge is 0.409 e. The standard InChI is InChI=1S/C15H24FN3O/c1-11(2)9-19(7-6-15(17)18-20)10-13-4-5-14(16)8-12(13)3/h4-5,8,11,20H,6-7,9-10H2,1-3H3,(H2,17,18). The quantitative estimate of drug-likeness (QED) is 0.349. The molecule has 0 saturated heterocycles. The van der Waals surface area contributed by atoms with E-state index in [-0.39, 0.29) is 11.7 Å². The van der Waals surface area contributed by atoms with Crippen molar-refractivity contribution in [1.82, 2.24) is 4.90 Å². The van der Waals surface area contributed by atoms with Crippen LogP contribution in [0.2, 0.25) is 0 Å². The molecular formula is C15H24FN3O. The number of benzene rings is 1. The maximum atomic E-state index is 13.1. The second kappa shape index (κ2) is 7.85. The van der Waals surface area contributed by atoms with Crippen molar-refractivity contribution in [2.45, 2.75) is 33.7 Å². The maximum Gasteiger partial charge on any atom is 0.140 e. The van der Waals surface area contributed by atoms with Gasteiger partial charge in [0.2, 0.25) is 0 Å². The molecule has 0 aliphatic carbocycles. The maximum absolute atomic E-state index is 13.1. The number of aryl methyl sites for hydroxylation is 1. The Morgan fingerprint density at radius 1 is 1.45 bits per heavy atom. The number of oxime groups is 1. The molecule has 0 amide bonds. The van der Waals surface area contributed by atoms with Crippen LogP contribution in [-0.2, 0) is 6.54 Å². The van der Waals surface area contributed by atoms with Gasteiger partial charge in [-0.3, -0.25) is 4.90 Å². The molecule has 0 atom stereocenters. The Balaban J connectivity index is 2.72. The lowest BCUT2D eigenvalue weighted by Gasteiger charge is -2.25. The fourth-order valence-corrected chi connectivity index (χ4v) is 2.15. The zero-order valence-corrected chi connectivity index (χ0v) is 12.4. The first-order valence-corrected chi connectivity index (χ1v) is 6.86. The minimum Gasteiger partial charge on any atom is -0.409 e. The van der Waals surface area contributed by atoms with Crippen LogP contribution >= 0.6 is 0 Å². The Labute approximate surface area is 120 Å². The van der Waals surface area contributed by atoms with Crippen LogP contribution in [0.25, 0.3) is 0 Å². The van der Waals surface area contributed by atoms with Crippen LogP contribution in [0.3, 0.4) is 0 Å². The second-order valence-electron chi connectivity index (χ2n) is 5.54. The summed E-state index contributed by atoms with van der Waals surface area (Å²) in [5.41, 5.74) is 7.57. The van der Waals surface area contributed by atoms with Gasteiger partial charge in [0.05, 0.1) is 0 Å². The van der Waals surface area contributed by atoms with Gasteiger partial charge in [0.1, 0.15) is 11.7 Å². The molecule has 1 aromatic carbocycles. The van der Waals surface area contributed by atoms with Gasteiger partial charge in [0, 0.05) is 26.1 Å². The molecule has 0 spiro atoms. The molecule has 20 heavy (non-hydrogen) atoms. The Morgan fingerprint density at radius 2 is 2.15 bits per heavy atom. The number of amidine groups is 1. The zero-order chi connectivity index (χ0) is 15.1. The van der Waals surface area contributed by atoms with E-state index in [0.29, 0.717) is 18.9 Å². The van der Waals surface area contributed by atoms with Crippen LogP contribution in [0.15, 0.2) is 23.4 Å². The molecular weight excluding hydrogens is 257 g/mol. The third-order valence-corrected chi connectivity index (χ3v) is 3.13. The van der Waals surface area contributed by atoms with Gasteiger partial charge < -0.3 is 10.9 Å². The highest BCUT2D eigenvalue weighted by Crippen LogP contribution is 2.14. The van der Waals surface area contributed by atoms with E-state index in [9.17, 15) is 4.39 Å². The van der Waals surface area contributed by atoms with Gasteiger partial charge in [-0.1, -0.05) is 25.1 Å². The molecule has 1 aromatic rings. The summed E-state index contributed by atoms with van der Waals surface area (Å²) in [4.78, 5) is 2.24. The first-order chi connectivity index (χ1) is 9.42. The monoisotopic (exact) mass is 281 g/mol. The summed E-state index contributed by atoms with van der Waals surface area (Å²) in [5, 5.41) is 11.6. The molecule has 0 aromatic heterocycles. The third-order valence-electron chi connectivity index (χ3n) is 3.13. The van der Waals surface area contributed by atoms with Gasteiger partial charge in [-0.2, -0.15) is 0 Å². The van der Waals surface area contributed by atoms with Gasteiger partial charge in [0.25, 0.3) is 0 Å². The van der Waals surface area contributed by atoms with Crippen molar-refractivity contribution in [2.24, 2.45) is 16.8 Å². The molecule has 0 fully saturated rings. The van der Waals surface area contributed by atoms with Crippen molar-refractivity contribution < 1.29 is 9.60 Å². The van der Waals surface area contributed by atoms with Crippen LogP contribution < -0.4 is 5.73 Å². The van der Waals surface area contributed by atoms with E-state index in [1.165, 1.54) is 6.07 Å². The van der Waals surface area contributed by atoms with E-state index in [1.807, 2.05) is 13.0 Å². The lowest BCUT2D eigenvalue weighted by Crippen LogP contribution is -2.31. The summed E-state index contributed by atoms with van der Waals surface area (Å²) in [6.07, 6.45) is 0.517. The number of hydrogen-bond donors (Lipinski definition) is 2. The predicted octanol–water partition coefficient (Wildman–Crippen LogP) is 2.73. The van der Waals surface area contributed by atoms with Crippen LogP contribution in [0.4, 0.5) is 4.39 Å². The first-order valence-electron chi connectivity index (χ1n) is 6.86. The number of halogens is 1. The number of nitrogens with two attached hydrogens (primary N) is 1. The molecule has 0 aliphatic heterocycles. The first kappa shape index (κ1) is 16.4. The highest BCUT2D eigenvalue weighted by molar-refractivity contribution is 5.79. The molecule has 112 valence electrons. The summed E-state index contributed by atoms with van der Waals surface area (Å²) < 4.78 is 13.1. The number of nitrogens with zero attached hydrogens (tertiary/aromatic N) is 2. The van der Waals surface area contributed by atoms with Gasteiger partial charge in [-0.25, -0.2) is 4.39 Å². The average Bonchev–Trinajstić information content (AvgIpc) is 2.38. The Kier molecular flexibility index (Phi) is 6.45. The molecule has 0 radical (unpaired) electrons. The second-order valence-corrected chi connectivity index (χ2v) is 5.54. The Hall–Kier alpha value is -1.62. The van der Waals surface area contributed by atoms with Crippen molar-refractivity contribution in [2.75, 3.05) is 13.1 Å². The molecule has 0 heterocycles. The fraction of sp³-hybridized carbons (Fsp3) is 0.533. The van der Waals surface area contributed by atoms with E-state index >= 15 is 0 Å². The highest BCUT2D eigenvalue weighted by atomic mass is 19.1. The molecule has 3 N–H and O–H groups in total. The molecule has 0 unspecified atom stereocenters. The lowest BCUT2D eigenvalue weighted by molar-refractivity contribution is 0.240. The van der Waals surface area contributed by atoms with E-state index in [1.54, 1.807) is 6.07 Å². The van der Waals surface area contributed by atoms with Gasteiger partial charge in [0.15, 0.2) is 0 Å². The van der Waals surface area contributed by atoms with E-state index in [2.05, 4.69) is 23.9 Å². The van der Waals surface area contributed by atoms with Crippen molar-refractivity contribution in [3.63, 3.8) is 0 Å². The van der Waals surface area contributed by atoms with Crippen molar-refractivity contribution >= 4 is 5.84 Å². The molecule has 5 heteroatoms. The fourth-order valence-electron chi connectivity index (χ4n) is 2.15. The number of hydrogen-bond acceptors (Lipinski definition) is 3. The lowest BCUT2D eigenvalue weighted by atomic mass is 10.1. The highest BCUT2D eigenvalue weighted by Gasteiger charge is 2.11. The Morgan fingerprint density at radius 3 is 2.70 bits per heavy atom. The van der Waals surface area contributed by atoms with Crippen molar-refractivity contribution in [1.29, 1.82) is 0 Å². The molecule has 1 rings (SSSR count).